The number of carboxylic acids is 1. The Hall–Kier alpha value is -1.78. The van der Waals surface area contributed by atoms with E-state index in [-0.39, 0.29) is 24.1 Å². The first-order valence-electron chi connectivity index (χ1n) is 7.14. The third kappa shape index (κ3) is 2.86. The summed E-state index contributed by atoms with van der Waals surface area (Å²) in [5, 5.41) is 8.91. The molecule has 5 heteroatoms. The number of hydrogen-bond acceptors (Lipinski definition) is 3. The summed E-state index contributed by atoms with van der Waals surface area (Å²) < 4.78 is 5.26. The summed E-state index contributed by atoms with van der Waals surface area (Å²) in [6.45, 7) is 4.61. The SMILES string of the molecule is CCC1CCCCN1C(=O)c1c(C)coc1CC(=O)O. The Labute approximate surface area is 118 Å². The van der Waals surface area contributed by atoms with Crippen molar-refractivity contribution in [2.45, 2.75) is 52.0 Å². The van der Waals surface area contributed by atoms with Crippen molar-refractivity contribution >= 4 is 11.9 Å². The van der Waals surface area contributed by atoms with E-state index in [9.17, 15) is 9.59 Å². The van der Waals surface area contributed by atoms with Crippen LogP contribution in [0.4, 0.5) is 0 Å². The highest BCUT2D eigenvalue weighted by molar-refractivity contribution is 5.97. The number of rotatable bonds is 4. The summed E-state index contributed by atoms with van der Waals surface area (Å²) >= 11 is 0. The Bertz CT molecular complexity index is 506. The minimum Gasteiger partial charge on any atom is -0.481 e. The maximum absolute atomic E-state index is 12.7. The number of furan rings is 1. The second kappa shape index (κ2) is 6.11. The van der Waals surface area contributed by atoms with Gasteiger partial charge in [-0.1, -0.05) is 6.92 Å². The molecule has 1 atom stereocenters. The largest absolute Gasteiger partial charge is 0.481 e. The number of carbonyl (C=O) groups is 2. The first kappa shape index (κ1) is 14.6. The molecule has 0 spiro atoms. The van der Waals surface area contributed by atoms with Gasteiger partial charge in [-0.2, -0.15) is 0 Å². The molecule has 1 aromatic rings. The van der Waals surface area contributed by atoms with E-state index in [2.05, 4.69) is 6.92 Å². The fourth-order valence-corrected chi connectivity index (χ4v) is 2.89. The van der Waals surface area contributed by atoms with Crippen molar-refractivity contribution in [1.82, 2.24) is 4.90 Å². The molecule has 0 aromatic carbocycles. The van der Waals surface area contributed by atoms with Crippen LogP contribution in [0.5, 0.6) is 0 Å². The van der Waals surface area contributed by atoms with E-state index in [4.69, 9.17) is 9.52 Å². The summed E-state index contributed by atoms with van der Waals surface area (Å²) in [6.07, 6.45) is 5.32. The zero-order chi connectivity index (χ0) is 14.7. The average Bonchev–Trinajstić information content (AvgIpc) is 2.78. The van der Waals surface area contributed by atoms with E-state index in [1.807, 2.05) is 4.90 Å². The third-order valence-electron chi connectivity index (χ3n) is 3.94. The number of nitrogens with zero attached hydrogens (tertiary/aromatic N) is 1. The predicted octanol–water partition coefficient (Wildman–Crippen LogP) is 2.62. The second-order valence-corrected chi connectivity index (χ2v) is 5.34. The van der Waals surface area contributed by atoms with E-state index < -0.39 is 5.97 Å². The molecule has 20 heavy (non-hydrogen) atoms. The molecule has 0 bridgehead atoms. The van der Waals surface area contributed by atoms with Gasteiger partial charge in [-0.15, -0.1) is 0 Å². The van der Waals surface area contributed by atoms with Crippen LogP contribution in [0.15, 0.2) is 10.7 Å². The second-order valence-electron chi connectivity index (χ2n) is 5.34. The number of carbonyl (C=O) groups excluding carboxylic acids is 1. The highest BCUT2D eigenvalue weighted by Gasteiger charge is 2.30. The van der Waals surface area contributed by atoms with Crippen molar-refractivity contribution in [3.05, 3.63) is 23.2 Å². The first-order chi connectivity index (χ1) is 9.54. The molecule has 1 aliphatic rings. The van der Waals surface area contributed by atoms with Crippen LogP contribution in [0.3, 0.4) is 0 Å². The summed E-state index contributed by atoms with van der Waals surface area (Å²) in [6, 6.07) is 0.253. The summed E-state index contributed by atoms with van der Waals surface area (Å²) in [5.74, 6) is -0.807. The molecule has 1 saturated heterocycles. The van der Waals surface area contributed by atoms with Gasteiger partial charge in [0.2, 0.25) is 0 Å². The number of aryl methyl sites for hydroxylation is 1. The molecule has 1 N–H and O–H groups in total. The van der Waals surface area contributed by atoms with E-state index in [0.717, 1.165) is 32.2 Å². The third-order valence-corrected chi connectivity index (χ3v) is 3.94. The Morgan fingerprint density at radius 3 is 2.85 bits per heavy atom. The van der Waals surface area contributed by atoms with Crippen LogP contribution in [0.25, 0.3) is 0 Å². The van der Waals surface area contributed by atoms with Crippen molar-refractivity contribution in [2.24, 2.45) is 0 Å². The summed E-state index contributed by atoms with van der Waals surface area (Å²) in [7, 11) is 0. The topological polar surface area (TPSA) is 70.8 Å². The molecule has 1 amide bonds. The number of aliphatic carboxylic acids is 1. The van der Waals surface area contributed by atoms with E-state index in [0.29, 0.717) is 11.1 Å². The van der Waals surface area contributed by atoms with E-state index in [1.165, 1.54) is 6.26 Å². The highest BCUT2D eigenvalue weighted by Crippen LogP contribution is 2.25. The summed E-state index contributed by atoms with van der Waals surface area (Å²) in [5.41, 5.74) is 1.15. The fraction of sp³-hybridized carbons (Fsp3) is 0.600. The maximum Gasteiger partial charge on any atom is 0.311 e. The lowest BCUT2D eigenvalue weighted by Gasteiger charge is -2.35. The molecule has 0 aliphatic carbocycles. The van der Waals surface area contributed by atoms with Crippen LogP contribution in [-0.4, -0.2) is 34.5 Å². The monoisotopic (exact) mass is 279 g/mol. The van der Waals surface area contributed by atoms with Gasteiger partial charge in [-0.25, -0.2) is 0 Å². The quantitative estimate of drug-likeness (QED) is 0.919. The Morgan fingerprint density at radius 1 is 1.45 bits per heavy atom. The molecule has 1 fully saturated rings. The lowest BCUT2D eigenvalue weighted by atomic mass is 9.98. The lowest BCUT2D eigenvalue weighted by molar-refractivity contribution is -0.136. The van der Waals surface area contributed by atoms with Gasteiger partial charge in [-0.05, 0) is 32.6 Å². The zero-order valence-corrected chi connectivity index (χ0v) is 12.0. The van der Waals surface area contributed by atoms with Gasteiger partial charge in [0.1, 0.15) is 12.2 Å². The van der Waals surface area contributed by atoms with Gasteiger partial charge in [0.25, 0.3) is 5.91 Å². The van der Waals surface area contributed by atoms with Crippen molar-refractivity contribution < 1.29 is 19.1 Å². The van der Waals surface area contributed by atoms with Gasteiger partial charge in [-0.3, -0.25) is 9.59 Å². The van der Waals surface area contributed by atoms with Crippen LogP contribution in [0.1, 0.15) is 54.3 Å². The molecule has 1 unspecified atom stereocenters. The predicted molar refractivity (Wildman–Crippen MR) is 73.8 cm³/mol. The molecule has 2 rings (SSSR count). The van der Waals surface area contributed by atoms with Crippen molar-refractivity contribution in [2.75, 3.05) is 6.54 Å². The van der Waals surface area contributed by atoms with Crippen LogP contribution < -0.4 is 0 Å². The van der Waals surface area contributed by atoms with Crippen molar-refractivity contribution in [1.29, 1.82) is 0 Å². The van der Waals surface area contributed by atoms with Gasteiger partial charge in [0.15, 0.2) is 0 Å². The lowest BCUT2D eigenvalue weighted by Crippen LogP contribution is -2.43. The van der Waals surface area contributed by atoms with Crippen LogP contribution >= 0.6 is 0 Å². The number of hydrogen-bond donors (Lipinski definition) is 1. The van der Waals surface area contributed by atoms with Crippen LogP contribution in [-0.2, 0) is 11.2 Å². The summed E-state index contributed by atoms with van der Waals surface area (Å²) in [4.78, 5) is 25.5. The van der Waals surface area contributed by atoms with Gasteiger partial charge >= 0.3 is 5.97 Å². The molecule has 5 nitrogen and oxygen atoms in total. The Kier molecular flexibility index (Phi) is 4.47. The Morgan fingerprint density at radius 2 is 2.20 bits per heavy atom. The first-order valence-corrected chi connectivity index (χ1v) is 7.14. The van der Waals surface area contributed by atoms with Gasteiger partial charge in [0.05, 0.1) is 11.8 Å². The van der Waals surface area contributed by atoms with Gasteiger partial charge < -0.3 is 14.4 Å². The van der Waals surface area contributed by atoms with E-state index >= 15 is 0 Å². The normalized spacial score (nSPS) is 19.1. The molecular weight excluding hydrogens is 258 g/mol. The average molecular weight is 279 g/mol. The minimum atomic E-state index is -0.987. The Balaban J connectivity index is 2.27. The number of likely N-dealkylation sites (tertiary alicyclic amines) is 1. The molecule has 110 valence electrons. The molecule has 1 aromatic heterocycles. The van der Waals surface area contributed by atoms with Crippen LogP contribution in [0, 0.1) is 6.92 Å². The molecule has 0 saturated carbocycles. The van der Waals surface area contributed by atoms with Gasteiger partial charge in [0, 0.05) is 18.2 Å². The molecule has 1 aliphatic heterocycles. The molecule has 2 heterocycles. The van der Waals surface area contributed by atoms with E-state index in [1.54, 1.807) is 6.92 Å². The van der Waals surface area contributed by atoms with Crippen molar-refractivity contribution in [3.63, 3.8) is 0 Å². The minimum absolute atomic E-state index is 0.0842. The number of amides is 1. The zero-order valence-electron chi connectivity index (χ0n) is 12.0. The number of piperidine rings is 1. The highest BCUT2D eigenvalue weighted by atomic mass is 16.4. The molecular formula is C15H21NO4. The fourth-order valence-electron chi connectivity index (χ4n) is 2.89. The smallest absolute Gasteiger partial charge is 0.311 e. The van der Waals surface area contributed by atoms with Crippen molar-refractivity contribution in [3.8, 4) is 0 Å². The molecule has 0 radical (unpaired) electrons. The van der Waals surface area contributed by atoms with Crippen LogP contribution in [0.2, 0.25) is 0 Å². The maximum atomic E-state index is 12.7. The number of carboxylic acid groups (broad SMARTS) is 1. The standard InChI is InChI=1S/C15H21NO4/c1-3-11-6-4-5-7-16(11)15(19)14-10(2)9-20-12(14)8-13(17)18/h9,11H,3-8H2,1-2H3,(H,17,18).